The van der Waals surface area contributed by atoms with Crippen LogP contribution < -0.4 is 27.0 Å². The minimum Gasteiger partial charge on any atom is -0.481 e. The number of carbonyl (C=O) groups is 6. The van der Waals surface area contributed by atoms with Crippen LogP contribution in [0.5, 0.6) is 0 Å². The average molecular weight is 2130 g/mol. The first-order valence-corrected chi connectivity index (χ1v) is 50.6. The number of likely N-dealkylation sites (N-methyl/N-ethyl adjacent to an activating group) is 3. The zero-order valence-electron chi connectivity index (χ0n) is 77.1. The summed E-state index contributed by atoms with van der Waals surface area (Å²) in [6.07, 6.45) is 13.8. The minimum absolute atomic E-state index is 0. The quantitative estimate of drug-likeness (QED) is 0.0180. The molecule has 4 heterocycles. The van der Waals surface area contributed by atoms with Crippen LogP contribution in [0.3, 0.4) is 0 Å². The second-order valence-electron chi connectivity index (χ2n) is 39.5. The Morgan fingerprint density at radius 1 is 0.432 bits per heavy atom. The number of alkyl halides is 12. The van der Waals surface area contributed by atoms with Crippen LogP contribution in [-0.2, 0) is 83.7 Å². The van der Waals surface area contributed by atoms with E-state index in [-0.39, 0.29) is 127 Å². The Labute approximate surface area is 821 Å². The molecule has 19 nitrogen and oxygen atoms in total. The third-order valence-electron chi connectivity index (χ3n) is 32.6. The number of amides is 4. The summed E-state index contributed by atoms with van der Waals surface area (Å²) in [5.74, 6) is -1.73. The summed E-state index contributed by atoms with van der Waals surface area (Å²) in [4.78, 5) is 84.0. The van der Waals surface area contributed by atoms with Crippen LogP contribution in [0.15, 0.2) is 205 Å². The number of nitrogens with zero attached hydrogens (tertiary/aromatic N) is 4. The van der Waals surface area contributed by atoms with Gasteiger partial charge in [-0.2, -0.15) is 69.5 Å². The maximum absolute atomic E-state index is 14.6. The predicted molar refractivity (Wildman–Crippen MR) is 497 cm³/mol. The van der Waals surface area contributed by atoms with Crippen molar-refractivity contribution in [1.82, 2.24) is 19.7 Å². The van der Waals surface area contributed by atoms with Crippen LogP contribution in [0, 0.1) is 104 Å². The van der Waals surface area contributed by atoms with Gasteiger partial charge in [0.25, 0.3) is 17.7 Å². The van der Waals surface area contributed by atoms with E-state index >= 15 is 0 Å². The molecule has 0 spiro atoms. The monoisotopic (exact) mass is 2130 g/mol. The molecule has 21 atom stereocenters. The smallest absolute Gasteiger partial charge is 0.481 e. The number of thioether (sulfide) groups is 1. The molecule has 1 radical (unpaired) electrons. The normalized spacial score (nSPS) is 31.9. The van der Waals surface area contributed by atoms with Crippen molar-refractivity contribution < 1.29 is 148 Å². The molecule has 6 aromatic rings. The van der Waals surface area contributed by atoms with Crippen LogP contribution in [0.1, 0.15) is 176 Å². The number of nitrogen functional groups attached to an aromatic ring is 1. The Morgan fingerprint density at radius 3 is 1.06 bits per heavy atom. The van der Waals surface area contributed by atoms with Crippen LogP contribution in [0.25, 0.3) is 0 Å². The van der Waals surface area contributed by atoms with Gasteiger partial charge in [-0.3, -0.25) is 37.9 Å². The first-order valence-electron chi connectivity index (χ1n) is 45.5. The van der Waals surface area contributed by atoms with E-state index in [1.54, 1.807) is 60.3 Å². The average Bonchev–Trinajstić information content (AvgIpc) is 1.68. The molecule has 9 saturated carbocycles. The van der Waals surface area contributed by atoms with Crippen molar-refractivity contribution in [3.8, 4) is 0 Å². The SMILES string of the molecule is C.CN1C(=O)C(F)=C[C@]2(C)C3CC[C@]4(C)[C@@H](C(=O)Nc5ccccc5C(F)(F)F)CC[C@H]4C3CC[C@@H]12.CN1C(=O)C(F)=C[C@]2(C)C3CC[C@]4(C)[C@@H](C(=O)O)CC[C@H]4C3CC[C@@H]12.CN1C(=O)C(F)=C[C@]2(C)C3CC[C@]4(C)[C@@H](C(=O)Sc5ccccn5)CC[C@H]4C3CC[C@@H]12.Nc1ccccc1C(F)(F)F.O=S(=O)(O)C(F)(F)F.O=S(=O)(O)C(F)(F)F.[Ag].c1ccc(P(c2ccccc2)c2ccccc2)cc1. The van der Waals surface area contributed by atoms with E-state index in [4.69, 9.17) is 31.7 Å². The number of nitrogens with one attached hydrogen (secondary N) is 1. The minimum atomic E-state index is -5.84. The maximum Gasteiger partial charge on any atom is 0.522 e. The number of halogens is 15. The van der Waals surface area contributed by atoms with Gasteiger partial charge >= 0.3 is 49.6 Å². The zero-order valence-corrected chi connectivity index (χ0v) is 82.0. The van der Waals surface area contributed by atoms with Gasteiger partial charge in [0.05, 0.1) is 22.7 Å². The molecule has 0 bridgehead atoms. The van der Waals surface area contributed by atoms with Crippen molar-refractivity contribution in [2.45, 2.75) is 211 Å². The van der Waals surface area contributed by atoms with Crippen molar-refractivity contribution in [3.05, 3.63) is 211 Å². The Hall–Kier alpha value is -8.42. The van der Waals surface area contributed by atoms with Gasteiger partial charge in [-0.05, 0) is 275 Å². The molecular formula is C100H118AgF15N6O13PS3. The fourth-order valence-electron chi connectivity index (χ4n) is 26.3. The number of carbonyl (C=O) groups excluding carboxylic acids is 5. The van der Waals surface area contributed by atoms with E-state index < -0.39 is 109 Å². The van der Waals surface area contributed by atoms with Crippen molar-refractivity contribution >= 4 is 102 Å². The largest absolute Gasteiger partial charge is 0.522 e. The second-order valence-corrected chi connectivity index (χ2v) is 45.6. The number of nitrogens with two attached hydrogens (primary N) is 1. The zero-order chi connectivity index (χ0) is 101. The molecular weight excluding hydrogens is 2010 g/mol. The van der Waals surface area contributed by atoms with Gasteiger partial charge in [-0.25, -0.2) is 18.2 Å². The maximum atomic E-state index is 14.6. The Kier molecular flexibility index (Phi) is 35.0. The predicted octanol–water partition coefficient (Wildman–Crippen LogP) is 22.2. The summed E-state index contributed by atoms with van der Waals surface area (Å²) in [5.41, 5.74) is -9.59. The number of aliphatic carboxylic acids is 1. The fourth-order valence-corrected chi connectivity index (χ4v) is 29.6. The Bertz CT molecular complexity index is 5610. The number of para-hydroxylation sites is 2. The number of anilines is 2. The molecule has 0 saturated heterocycles. The molecule has 139 heavy (non-hydrogen) atoms. The molecule has 4 amide bonds. The van der Waals surface area contributed by atoms with Crippen LogP contribution in [0.4, 0.5) is 77.2 Å². The fraction of sp³-hybridized carbons (Fsp3) is 0.530. The second kappa shape index (κ2) is 43.2. The third-order valence-corrected chi connectivity index (χ3v) is 37.1. The summed E-state index contributed by atoms with van der Waals surface area (Å²) in [6, 6.07) is 48.1. The van der Waals surface area contributed by atoms with Gasteiger partial charge in [0, 0.05) is 102 Å². The number of aromatic nitrogens is 1. The van der Waals surface area contributed by atoms with Crippen molar-refractivity contribution in [3.63, 3.8) is 0 Å². The molecule has 9 aliphatic carbocycles. The first-order chi connectivity index (χ1) is 63.8. The first kappa shape index (κ1) is 113. The number of benzene rings is 5. The van der Waals surface area contributed by atoms with Gasteiger partial charge < -0.3 is 30.9 Å². The van der Waals surface area contributed by atoms with Gasteiger partial charge in [0.1, 0.15) is 5.03 Å². The number of hydrogen-bond acceptors (Lipinski definition) is 13. The van der Waals surface area contributed by atoms with Gasteiger partial charge in [-0.15, -0.1) is 0 Å². The number of carboxylic acid groups (broad SMARTS) is 1. The van der Waals surface area contributed by atoms with Crippen LogP contribution in [0.2, 0.25) is 0 Å². The summed E-state index contributed by atoms with van der Waals surface area (Å²) < 4.78 is 235. The number of pyridine rings is 1. The van der Waals surface area contributed by atoms with E-state index in [1.165, 1.54) is 64.1 Å². The molecule has 5 aromatic carbocycles. The number of carboxylic acids is 1. The molecule has 18 rings (SSSR count). The van der Waals surface area contributed by atoms with E-state index in [2.05, 4.69) is 143 Å². The van der Waals surface area contributed by atoms with Crippen molar-refractivity contribution in [2.24, 2.45) is 104 Å². The third kappa shape index (κ3) is 23.0. The van der Waals surface area contributed by atoms with Crippen molar-refractivity contribution in [1.29, 1.82) is 0 Å². The molecule has 6 unspecified atom stereocenters. The molecule has 12 aliphatic rings. The summed E-state index contributed by atoms with van der Waals surface area (Å²) in [6.45, 7) is 12.9. The van der Waals surface area contributed by atoms with E-state index in [9.17, 15) is 99.7 Å². The van der Waals surface area contributed by atoms with E-state index in [0.717, 1.165) is 126 Å². The van der Waals surface area contributed by atoms with Crippen LogP contribution >= 0.6 is 19.7 Å². The molecule has 3 aliphatic heterocycles. The topological polar surface area (TPSA) is 292 Å². The molecule has 6 N–H and O–H groups in total. The standard InChI is InChI=1S/C27H32F4N2O2.C25H31FN2O2S.C20H28FNO3.C18H15P.C7H6F3N.2CHF3O3S.CH4.Ag/c1-25-13-12-17-15(8-11-22-26(17,2)14-20(28)24(35)33(22)3)16(25)9-10-19(25)23(34)32-21-7-5-4-6-18(21)27(29,30)31;1-24-12-11-17-15(7-10-20-25(17,2)14-19(26)22(29)28(20)3)16(24)8-9-18(24)23(30)31-21-6-4-5-13-27-21;1-19-9-8-13-11(12(19)5-6-14(19)18(24)25)4-7-16-20(13,2)10-15(21)17(23)22(16)3;1-4-10-16(11-5-1)19(17-12-6-2-7-13-17)18-14-8-3-9-15-18;8-7(9,10)5-3-1-2-4-6(5)11;2*2-1(3,4)8(5,6)7;;/h4-7,14-17,19,22H,8-13H2,1-3H3,(H,32,34);4-6,13-18,20H,7-12H2,1-3H3;10-14,16H,4-9H2,1-3H3,(H,24,25);1-15H;1-4H,11H2;2*(H,5,6,7);1H4;/t15?,16-,17?,19+,22+,25-,26+;15?,16-,17?,18+,20+,24-,25+;11?,12-,13?,14+,16+,19-,20+;;;;;;/m000....../s1. The molecule has 39 heteroatoms. The van der Waals surface area contributed by atoms with Gasteiger partial charge in [0.15, 0.2) is 22.6 Å². The number of hydrogen-bond donors (Lipinski definition) is 5. The molecule has 1 aromatic heterocycles. The molecule has 9 fully saturated rings. The number of fused-ring (bicyclic) bond motifs is 15. The number of rotatable bonds is 8. The van der Waals surface area contributed by atoms with Crippen molar-refractivity contribution in [2.75, 3.05) is 32.2 Å². The summed E-state index contributed by atoms with van der Waals surface area (Å²) in [5, 5.41) is 17.5. The van der Waals surface area contributed by atoms with Gasteiger partial charge in [0.2, 0.25) is 5.91 Å². The Morgan fingerprint density at radius 2 is 0.741 bits per heavy atom. The van der Waals surface area contributed by atoms with Gasteiger partial charge in [-0.1, -0.05) is 170 Å². The van der Waals surface area contributed by atoms with Crippen LogP contribution in [-0.4, -0.2) is 136 Å². The van der Waals surface area contributed by atoms with E-state index in [1.807, 2.05) is 18.2 Å². The summed E-state index contributed by atoms with van der Waals surface area (Å²) in [7, 11) is -6.97. The van der Waals surface area contributed by atoms with E-state index in [0.29, 0.717) is 47.8 Å². The molecule has 765 valence electrons. The summed E-state index contributed by atoms with van der Waals surface area (Å²) >= 11 is 1.29. The Balaban J connectivity index is 0.000000177.